The molecule has 2 aromatic carbocycles. The molecule has 1 saturated carbocycles. The molecule has 1 unspecified atom stereocenters. The summed E-state index contributed by atoms with van der Waals surface area (Å²) in [6, 6.07) is 10.7. The number of ether oxygens (including phenoxy) is 1. The molecule has 2 amide bonds. The standard InChI is InChI=1S/C25H31Cl2N3O5S/c1-17(25(32)28-20-9-5-6-10-20)29(15-18-8-4-7-11-21(18)27)24(31)16-30(36(3,33)34)22-14-19(26)12-13-23(22)35-2/h4,7-8,11-14,17,20H,5-6,9-10,15-16H2,1-3H3,(H,28,32). The first-order valence-corrected chi connectivity index (χ1v) is 14.3. The Morgan fingerprint density at radius 1 is 1.14 bits per heavy atom. The molecule has 0 bridgehead atoms. The van der Waals surface area contributed by atoms with E-state index in [0.717, 1.165) is 36.2 Å². The van der Waals surface area contributed by atoms with Gasteiger partial charge in [0.15, 0.2) is 0 Å². The van der Waals surface area contributed by atoms with E-state index < -0.39 is 28.5 Å². The fraction of sp³-hybridized carbons (Fsp3) is 0.440. The summed E-state index contributed by atoms with van der Waals surface area (Å²) in [7, 11) is -2.52. The molecule has 36 heavy (non-hydrogen) atoms. The third kappa shape index (κ3) is 7.05. The lowest BCUT2D eigenvalue weighted by Crippen LogP contribution is -2.52. The topological polar surface area (TPSA) is 96.0 Å². The van der Waals surface area contributed by atoms with Crippen molar-refractivity contribution in [3.05, 3.63) is 58.1 Å². The Labute approximate surface area is 222 Å². The largest absolute Gasteiger partial charge is 0.495 e. The Hall–Kier alpha value is -2.49. The maximum absolute atomic E-state index is 13.7. The first kappa shape index (κ1) is 28.1. The molecule has 11 heteroatoms. The van der Waals surface area contributed by atoms with Crippen molar-refractivity contribution in [1.29, 1.82) is 0 Å². The Morgan fingerprint density at radius 3 is 2.42 bits per heavy atom. The molecule has 2 aromatic rings. The van der Waals surface area contributed by atoms with E-state index in [1.165, 1.54) is 24.1 Å². The van der Waals surface area contributed by atoms with Gasteiger partial charge in [0.25, 0.3) is 0 Å². The van der Waals surface area contributed by atoms with Gasteiger partial charge in [0, 0.05) is 22.6 Å². The number of carbonyl (C=O) groups is 2. The van der Waals surface area contributed by atoms with E-state index in [-0.39, 0.29) is 35.0 Å². The molecular formula is C25H31Cl2N3O5S. The van der Waals surface area contributed by atoms with Crippen molar-refractivity contribution in [2.45, 2.75) is 51.2 Å². The zero-order valence-electron chi connectivity index (χ0n) is 20.5. The first-order chi connectivity index (χ1) is 17.0. The van der Waals surface area contributed by atoms with Gasteiger partial charge in [0.1, 0.15) is 18.3 Å². The monoisotopic (exact) mass is 555 g/mol. The van der Waals surface area contributed by atoms with Crippen molar-refractivity contribution in [2.24, 2.45) is 0 Å². The van der Waals surface area contributed by atoms with Crippen molar-refractivity contribution in [2.75, 3.05) is 24.2 Å². The van der Waals surface area contributed by atoms with E-state index in [4.69, 9.17) is 27.9 Å². The number of benzene rings is 2. The smallest absolute Gasteiger partial charge is 0.244 e. The Balaban J connectivity index is 1.94. The summed E-state index contributed by atoms with van der Waals surface area (Å²) in [5, 5.41) is 3.74. The number of amides is 2. The molecule has 0 aliphatic heterocycles. The van der Waals surface area contributed by atoms with E-state index in [9.17, 15) is 18.0 Å². The minimum atomic E-state index is -3.92. The van der Waals surface area contributed by atoms with Crippen LogP contribution in [0.3, 0.4) is 0 Å². The molecule has 0 aromatic heterocycles. The van der Waals surface area contributed by atoms with Crippen molar-refractivity contribution < 1.29 is 22.7 Å². The van der Waals surface area contributed by atoms with E-state index in [1.54, 1.807) is 37.3 Å². The Morgan fingerprint density at radius 2 is 1.81 bits per heavy atom. The van der Waals surface area contributed by atoms with Crippen LogP contribution >= 0.6 is 23.2 Å². The highest BCUT2D eigenvalue weighted by molar-refractivity contribution is 7.92. The molecule has 3 rings (SSSR count). The molecule has 1 atom stereocenters. The minimum absolute atomic E-state index is 0.0298. The number of hydrogen-bond donors (Lipinski definition) is 1. The highest BCUT2D eigenvalue weighted by Gasteiger charge is 2.32. The Bertz CT molecular complexity index is 1200. The van der Waals surface area contributed by atoms with Gasteiger partial charge in [-0.3, -0.25) is 13.9 Å². The van der Waals surface area contributed by atoms with Gasteiger partial charge < -0.3 is 15.0 Å². The van der Waals surface area contributed by atoms with Crippen LogP contribution in [0.2, 0.25) is 10.0 Å². The fourth-order valence-electron chi connectivity index (χ4n) is 4.24. The van der Waals surface area contributed by atoms with Crippen LogP contribution in [0.4, 0.5) is 5.69 Å². The summed E-state index contributed by atoms with van der Waals surface area (Å²) in [5.74, 6) is -0.632. The number of sulfonamides is 1. The predicted octanol–water partition coefficient (Wildman–Crippen LogP) is 4.24. The van der Waals surface area contributed by atoms with Gasteiger partial charge >= 0.3 is 0 Å². The van der Waals surface area contributed by atoms with Gasteiger partial charge in [-0.05, 0) is 49.6 Å². The van der Waals surface area contributed by atoms with E-state index >= 15 is 0 Å². The predicted molar refractivity (Wildman–Crippen MR) is 142 cm³/mol. The number of anilines is 1. The summed E-state index contributed by atoms with van der Waals surface area (Å²) < 4.78 is 31.8. The maximum Gasteiger partial charge on any atom is 0.244 e. The number of nitrogens with zero attached hydrogens (tertiary/aromatic N) is 2. The highest BCUT2D eigenvalue weighted by Crippen LogP contribution is 2.33. The van der Waals surface area contributed by atoms with Gasteiger partial charge in [-0.1, -0.05) is 54.2 Å². The van der Waals surface area contributed by atoms with Crippen LogP contribution in [0.15, 0.2) is 42.5 Å². The maximum atomic E-state index is 13.7. The second-order valence-corrected chi connectivity index (χ2v) is 11.6. The fourth-order valence-corrected chi connectivity index (χ4v) is 5.44. The molecule has 0 saturated heterocycles. The van der Waals surface area contributed by atoms with Crippen molar-refractivity contribution >= 4 is 50.7 Å². The second-order valence-electron chi connectivity index (χ2n) is 8.86. The minimum Gasteiger partial charge on any atom is -0.495 e. The molecule has 0 spiro atoms. The lowest BCUT2D eigenvalue weighted by atomic mass is 10.1. The molecule has 1 aliphatic carbocycles. The summed E-state index contributed by atoms with van der Waals surface area (Å²) in [4.78, 5) is 28.1. The van der Waals surface area contributed by atoms with Crippen molar-refractivity contribution in [3.8, 4) is 5.75 Å². The third-order valence-corrected chi connectivity index (χ3v) is 7.99. The van der Waals surface area contributed by atoms with Crippen LogP contribution in [-0.4, -0.2) is 57.1 Å². The molecule has 1 N–H and O–H groups in total. The summed E-state index contributed by atoms with van der Waals surface area (Å²) >= 11 is 12.5. The van der Waals surface area contributed by atoms with Crippen LogP contribution < -0.4 is 14.4 Å². The average Bonchev–Trinajstić information content (AvgIpc) is 3.33. The quantitative estimate of drug-likeness (QED) is 0.472. The molecule has 0 radical (unpaired) electrons. The van der Waals surface area contributed by atoms with Gasteiger partial charge in [0.05, 0.1) is 19.1 Å². The van der Waals surface area contributed by atoms with E-state index in [0.29, 0.717) is 10.6 Å². The highest BCUT2D eigenvalue weighted by atomic mass is 35.5. The van der Waals surface area contributed by atoms with Gasteiger partial charge in [-0.2, -0.15) is 0 Å². The van der Waals surface area contributed by atoms with Crippen LogP contribution in [0.1, 0.15) is 38.2 Å². The van der Waals surface area contributed by atoms with Crippen molar-refractivity contribution in [3.63, 3.8) is 0 Å². The average molecular weight is 557 g/mol. The van der Waals surface area contributed by atoms with Crippen LogP contribution in [0.5, 0.6) is 5.75 Å². The number of hydrogen-bond acceptors (Lipinski definition) is 5. The molecular weight excluding hydrogens is 525 g/mol. The normalized spacial score (nSPS) is 14.8. The summed E-state index contributed by atoms with van der Waals surface area (Å²) in [6.07, 6.45) is 4.88. The lowest BCUT2D eigenvalue weighted by molar-refractivity contribution is -0.139. The second kappa shape index (κ2) is 12.2. The molecule has 8 nitrogen and oxygen atoms in total. The number of methoxy groups -OCH3 is 1. The van der Waals surface area contributed by atoms with Gasteiger partial charge in [0.2, 0.25) is 21.8 Å². The molecule has 196 valence electrons. The Kier molecular flexibility index (Phi) is 9.49. The number of nitrogens with one attached hydrogen (secondary N) is 1. The van der Waals surface area contributed by atoms with Gasteiger partial charge in [-0.15, -0.1) is 0 Å². The molecule has 1 fully saturated rings. The van der Waals surface area contributed by atoms with Gasteiger partial charge in [-0.25, -0.2) is 8.42 Å². The number of rotatable bonds is 10. The SMILES string of the molecule is COc1ccc(Cl)cc1N(CC(=O)N(Cc1ccccc1Cl)C(C)C(=O)NC1CCCC1)S(C)(=O)=O. The van der Waals surface area contributed by atoms with Crippen molar-refractivity contribution in [1.82, 2.24) is 10.2 Å². The van der Waals surface area contributed by atoms with E-state index in [1.807, 2.05) is 0 Å². The number of halogens is 2. The zero-order chi connectivity index (χ0) is 26.5. The van der Waals surface area contributed by atoms with E-state index in [2.05, 4.69) is 5.32 Å². The number of carbonyl (C=O) groups excluding carboxylic acids is 2. The summed E-state index contributed by atoms with van der Waals surface area (Å²) in [5.41, 5.74) is 0.765. The summed E-state index contributed by atoms with van der Waals surface area (Å²) in [6.45, 7) is 1.10. The first-order valence-electron chi connectivity index (χ1n) is 11.7. The zero-order valence-corrected chi connectivity index (χ0v) is 22.9. The van der Waals surface area contributed by atoms with Crippen LogP contribution in [0, 0.1) is 0 Å². The molecule has 1 aliphatic rings. The van der Waals surface area contributed by atoms with Crippen LogP contribution in [0.25, 0.3) is 0 Å². The third-order valence-electron chi connectivity index (χ3n) is 6.26. The lowest BCUT2D eigenvalue weighted by Gasteiger charge is -2.32. The van der Waals surface area contributed by atoms with Crippen LogP contribution in [-0.2, 0) is 26.2 Å². The molecule has 0 heterocycles.